The number of nitrogens with one attached hydrogen (secondary N) is 2. The van der Waals surface area contributed by atoms with E-state index >= 15 is 0 Å². The molecule has 1 heterocycles. The van der Waals surface area contributed by atoms with Gasteiger partial charge in [-0.3, -0.25) is 10.6 Å². The van der Waals surface area contributed by atoms with E-state index in [1.807, 2.05) is 12.1 Å². The highest BCUT2D eigenvalue weighted by atomic mass is 35.5. The molecule has 3 rings (SSSR count). The maximum atomic E-state index is 11.6. The summed E-state index contributed by atoms with van der Waals surface area (Å²) < 4.78 is 23.2. The molecule has 7 heteroatoms. The molecule has 0 aliphatic carbocycles. The predicted octanol–water partition coefficient (Wildman–Crippen LogP) is 1.46. The summed E-state index contributed by atoms with van der Waals surface area (Å²) in [6, 6.07) is 13.9. The van der Waals surface area contributed by atoms with E-state index in [0.29, 0.717) is 11.6 Å². The molecule has 2 aromatic rings. The Kier molecular flexibility index (Phi) is 4.20. The summed E-state index contributed by atoms with van der Waals surface area (Å²) in [6.07, 6.45) is 0.465. The van der Waals surface area contributed by atoms with Crippen molar-refractivity contribution in [1.82, 2.24) is 10.6 Å². The van der Waals surface area contributed by atoms with Gasteiger partial charge in [0.1, 0.15) is 11.9 Å². The fraction of sp³-hybridized carbons (Fsp3) is 0.250. The first-order valence-electron chi connectivity index (χ1n) is 7.09. The minimum atomic E-state index is -3.25. The average molecular weight is 353 g/mol. The van der Waals surface area contributed by atoms with Crippen molar-refractivity contribution in [3.05, 3.63) is 64.7 Å². The van der Waals surface area contributed by atoms with Crippen LogP contribution < -0.4 is 10.6 Å². The molecule has 0 amide bonds. The number of halogens is 1. The fourth-order valence-electron chi connectivity index (χ4n) is 2.79. The Morgan fingerprint density at radius 1 is 1.09 bits per heavy atom. The summed E-state index contributed by atoms with van der Waals surface area (Å²) in [5.41, 5.74) is 0.898. The smallest absolute Gasteiger partial charge is 0.175 e. The molecule has 0 radical (unpaired) electrons. The van der Waals surface area contributed by atoms with Crippen LogP contribution in [0.15, 0.2) is 53.4 Å². The van der Waals surface area contributed by atoms with E-state index in [9.17, 15) is 13.5 Å². The lowest BCUT2D eigenvalue weighted by atomic mass is 9.92. The second-order valence-electron chi connectivity index (χ2n) is 5.59. The Bertz CT molecular complexity index is 806. The number of β-amino-alcohol motifs (C(OH)–C–C–N with tert-alkyl or cyclic N) is 1. The van der Waals surface area contributed by atoms with E-state index in [2.05, 4.69) is 10.6 Å². The number of aliphatic hydroxyl groups excluding tert-OH is 1. The highest BCUT2D eigenvalue weighted by Gasteiger charge is 2.40. The second kappa shape index (κ2) is 5.89. The van der Waals surface area contributed by atoms with E-state index in [0.717, 1.165) is 11.1 Å². The van der Waals surface area contributed by atoms with E-state index in [-0.39, 0.29) is 4.90 Å². The molecule has 1 aliphatic heterocycles. The molecule has 23 heavy (non-hydrogen) atoms. The van der Waals surface area contributed by atoms with Crippen molar-refractivity contribution in [2.75, 3.05) is 12.8 Å². The summed E-state index contributed by atoms with van der Waals surface area (Å²) in [6.45, 7) is 0.371. The Hall–Kier alpha value is -1.44. The maximum absolute atomic E-state index is 11.6. The number of sulfone groups is 1. The third-order valence-corrected chi connectivity index (χ3v) is 5.32. The van der Waals surface area contributed by atoms with Crippen LogP contribution in [-0.4, -0.2) is 32.6 Å². The van der Waals surface area contributed by atoms with Crippen molar-refractivity contribution in [3.8, 4) is 0 Å². The van der Waals surface area contributed by atoms with Gasteiger partial charge in [0, 0.05) is 17.8 Å². The molecule has 0 aromatic heterocycles. The highest BCUT2D eigenvalue weighted by molar-refractivity contribution is 7.90. The van der Waals surface area contributed by atoms with Gasteiger partial charge in [-0.15, -0.1) is 0 Å². The van der Waals surface area contributed by atoms with Gasteiger partial charge in [0.15, 0.2) is 9.84 Å². The van der Waals surface area contributed by atoms with Crippen LogP contribution in [-0.2, 0) is 15.5 Å². The number of hydrogen-bond donors (Lipinski definition) is 3. The van der Waals surface area contributed by atoms with Gasteiger partial charge < -0.3 is 5.11 Å². The Balaban J connectivity index is 2.08. The fourth-order valence-corrected chi connectivity index (χ4v) is 3.55. The Morgan fingerprint density at radius 2 is 1.61 bits per heavy atom. The van der Waals surface area contributed by atoms with E-state index in [1.165, 1.54) is 6.26 Å². The Labute approximate surface area is 140 Å². The van der Waals surface area contributed by atoms with Crippen molar-refractivity contribution < 1.29 is 13.5 Å². The Morgan fingerprint density at radius 3 is 2.04 bits per heavy atom. The zero-order valence-electron chi connectivity index (χ0n) is 12.5. The molecule has 122 valence electrons. The first-order chi connectivity index (χ1) is 10.8. The number of aliphatic hydroxyl groups is 1. The molecule has 3 N–H and O–H groups in total. The van der Waals surface area contributed by atoms with Gasteiger partial charge in [0.2, 0.25) is 0 Å². The van der Waals surface area contributed by atoms with Crippen LogP contribution >= 0.6 is 11.6 Å². The van der Waals surface area contributed by atoms with Crippen LogP contribution in [0.3, 0.4) is 0 Å². The van der Waals surface area contributed by atoms with Gasteiger partial charge in [-0.2, -0.15) is 0 Å². The third kappa shape index (κ3) is 3.13. The molecule has 2 unspecified atom stereocenters. The first-order valence-corrected chi connectivity index (χ1v) is 9.36. The van der Waals surface area contributed by atoms with Crippen molar-refractivity contribution in [3.63, 3.8) is 0 Å². The number of rotatable bonds is 3. The number of benzene rings is 2. The highest BCUT2D eigenvalue weighted by Crippen LogP contribution is 2.31. The molecule has 2 atom stereocenters. The lowest BCUT2D eigenvalue weighted by molar-refractivity contribution is 0.156. The zero-order valence-corrected chi connectivity index (χ0v) is 14.0. The quantitative estimate of drug-likeness (QED) is 0.779. The van der Waals surface area contributed by atoms with Gasteiger partial charge in [-0.05, 0) is 35.4 Å². The van der Waals surface area contributed by atoms with Crippen LogP contribution in [0, 0.1) is 0 Å². The van der Waals surface area contributed by atoms with Crippen molar-refractivity contribution >= 4 is 21.4 Å². The van der Waals surface area contributed by atoms with Gasteiger partial charge in [-0.1, -0.05) is 35.9 Å². The van der Waals surface area contributed by atoms with Crippen molar-refractivity contribution in [1.29, 1.82) is 0 Å². The first kappa shape index (κ1) is 16.4. The molecular weight excluding hydrogens is 336 g/mol. The average Bonchev–Trinajstić information content (AvgIpc) is 2.90. The summed E-state index contributed by atoms with van der Waals surface area (Å²) >= 11 is 5.95. The van der Waals surface area contributed by atoms with E-state index in [4.69, 9.17) is 11.6 Å². The summed E-state index contributed by atoms with van der Waals surface area (Å²) in [7, 11) is -3.25. The lowest BCUT2D eigenvalue weighted by Crippen LogP contribution is -2.48. The van der Waals surface area contributed by atoms with Crippen molar-refractivity contribution in [2.45, 2.75) is 16.8 Å². The SMILES string of the molecule is CS(=O)(=O)c1ccc(C2(c3ccc(Cl)cc3)NCC(O)N2)cc1. The molecular formula is C16H17ClN2O3S. The van der Waals surface area contributed by atoms with Crippen molar-refractivity contribution in [2.24, 2.45) is 0 Å². The summed E-state index contributed by atoms with van der Waals surface area (Å²) in [5.74, 6) is 0. The van der Waals surface area contributed by atoms with Crippen LogP contribution in [0.2, 0.25) is 5.02 Å². The molecule has 2 aromatic carbocycles. The van der Waals surface area contributed by atoms with Gasteiger partial charge in [0.25, 0.3) is 0 Å². The summed E-state index contributed by atoms with van der Waals surface area (Å²) in [5, 5.41) is 17.0. The van der Waals surface area contributed by atoms with Gasteiger partial charge in [-0.25, -0.2) is 8.42 Å². The van der Waals surface area contributed by atoms with E-state index in [1.54, 1.807) is 36.4 Å². The van der Waals surface area contributed by atoms with Crippen LogP contribution in [0.25, 0.3) is 0 Å². The maximum Gasteiger partial charge on any atom is 0.175 e. The number of hydrogen-bond acceptors (Lipinski definition) is 5. The third-order valence-electron chi connectivity index (χ3n) is 3.94. The topological polar surface area (TPSA) is 78.4 Å². The van der Waals surface area contributed by atoms with Gasteiger partial charge >= 0.3 is 0 Å². The van der Waals surface area contributed by atoms with E-state index < -0.39 is 21.7 Å². The predicted molar refractivity (Wildman–Crippen MR) is 88.9 cm³/mol. The zero-order chi connectivity index (χ0) is 16.7. The van der Waals surface area contributed by atoms with Crippen LogP contribution in [0.4, 0.5) is 0 Å². The molecule has 0 bridgehead atoms. The standard InChI is InChI=1S/C16H17ClN2O3S/c1-23(21,22)14-8-4-12(5-9-14)16(18-10-15(20)19-16)11-2-6-13(17)7-3-11/h2-9,15,18-20H,10H2,1H3. The minimum absolute atomic E-state index is 0.256. The normalized spacial score (nSPS) is 24.7. The summed E-state index contributed by atoms with van der Waals surface area (Å²) in [4.78, 5) is 0.256. The molecule has 0 spiro atoms. The molecule has 1 fully saturated rings. The molecule has 0 saturated carbocycles. The molecule has 5 nitrogen and oxygen atoms in total. The largest absolute Gasteiger partial charge is 0.377 e. The second-order valence-corrected chi connectivity index (χ2v) is 8.05. The lowest BCUT2D eigenvalue weighted by Gasteiger charge is -2.31. The van der Waals surface area contributed by atoms with Crippen LogP contribution in [0.5, 0.6) is 0 Å². The van der Waals surface area contributed by atoms with Crippen LogP contribution in [0.1, 0.15) is 11.1 Å². The molecule has 1 aliphatic rings. The minimum Gasteiger partial charge on any atom is -0.377 e. The monoisotopic (exact) mass is 352 g/mol. The molecule has 1 saturated heterocycles. The van der Waals surface area contributed by atoms with Gasteiger partial charge in [0.05, 0.1) is 4.90 Å².